The molecule has 1 saturated heterocycles. The number of rotatable bonds is 8. The Labute approximate surface area is 188 Å². The molecule has 0 bridgehead atoms. The number of halogens is 1. The first-order valence-electron chi connectivity index (χ1n) is 10.0. The molecule has 2 rings (SSSR count). The minimum absolute atomic E-state index is 0. The number of guanidine groups is 1. The van der Waals surface area contributed by atoms with Gasteiger partial charge in [-0.3, -0.25) is 4.99 Å². The van der Waals surface area contributed by atoms with Crippen LogP contribution in [0.3, 0.4) is 0 Å². The van der Waals surface area contributed by atoms with E-state index in [-0.39, 0.29) is 24.0 Å². The van der Waals surface area contributed by atoms with E-state index in [0.717, 1.165) is 37.8 Å². The van der Waals surface area contributed by atoms with Gasteiger partial charge in [0.15, 0.2) is 5.96 Å². The lowest BCUT2D eigenvalue weighted by Gasteiger charge is -2.34. The highest BCUT2D eigenvalue weighted by Crippen LogP contribution is 2.19. The van der Waals surface area contributed by atoms with Gasteiger partial charge in [-0.05, 0) is 37.9 Å². The smallest absolute Gasteiger partial charge is 0.190 e. The second kappa shape index (κ2) is 13.2. The molecule has 0 spiro atoms. The van der Waals surface area contributed by atoms with Crippen LogP contribution in [0.4, 0.5) is 0 Å². The van der Waals surface area contributed by atoms with E-state index < -0.39 is 0 Å². The minimum Gasteiger partial charge on any atom is -0.496 e. The Kier molecular flexibility index (Phi) is 11.8. The predicted octanol–water partition coefficient (Wildman–Crippen LogP) is 2.21. The fourth-order valence-corrected chi connectivity index (χ4v) is 3.45. The van der Waals surface area contributed by atoms with Gasteiger partial charge in [-0.2, -0.15) is 0 Å². The predicted molar refractivity (Wildman–Crippen MR) is 129 cm³/mol. The van der Waals surface area contributed by atoms with E-state index >= 15 is 0 Å². The van der Waals surface area contributed by atoms with Crippen molar-refractivity contribution in [3.05, 3.63) is 29.3 Å². The molecular weight excluding hydrogens is 465 g/mol. The maximum Gasteiger partial charge on any atom is 0.190 e. The topological polar surface area (TPSA) is 52.1 Å². The second-order valence-corrected chi connectivity index (χ2v) is 7.65. The molecule has 0 amide bonds. The molecule has 1 aliphatic rings. The maximum absolute atomic E-state index is 5.46. The molecule has 0 aromatic heterocycles. The van der Waals surface area contributed by atoms with Crippen LogP contribution in [0.2, 0.25) is 0 Å². The summed E-state index contributed by atoms with van der Waals surface area (Å²) < 4.78 is 5.46. The number of methoxy groups -OCH3 is 1. The van der Waals surface area contributed by atoms with Gasteiger partial charge in [-0.1, -0.05) is 24.6 Å². The Bertz CT molecular complexity index is 602. The van der Waals surface area contributed by atoms with E-state index in [0.29, 0.717) is 5.92 Å². The lowest BCUT2D eigenvalue weighted by Crippen LogP contribution is -2.47. The van der Waals surface area contributed by atoms with Gasteiger partial charge in [0.1, 0.15) is 5.75 Å². The third-order valence-electron chi connectivity index (χ3n) is 5.13. The Morgan fingerprint density at radius 1 is 1.21 bits per heavy atom. The molecule has 0 saturated carbocycles. The van der Waals surface area contributed by atoms with Crippen molar-refractivity contribution in [1.29, 1.82) is 0 Å². The molecule has 6 nitrogen and oxygen atoms in total. The molecule has 1 aromatic carbocycles. The normalized spacial score (nSPS) is 17.0. The average Bonchev–Trinajstić information content (AvgIpc) is 2.66. The number of aryl methyl sites for hydroxylation is 1. The number of hydrogen-bond donors (Lipinski definition) is 2. The van der Waals surface area contributed by atoms with Crippen molar-refractivity contribution in [2.24, 2.45) is 10.9 Å². The first kappa shape index (κ1) is 25.0. The van der Waals surface area contributed by atoms with Crippen molar-refractivity contribution >= 4 is 29.9 Å². The van der Waals surface area contributed by atoms with Gasteiger partial charge in [0, 0.05) is 52.9 Å². The van der Waals surface area contributed by atoms with Crippen LogP contribution in [0.1, 0.15) is 18.1 Å². The largest absolute Gasteiger partial charge is 0.496 e. The van der Waals surface area contributed by atoms with Crippen molar-refractivity contribution in [2.75, 3.05) is 67.0 Å². The summed E-state index contributed by atoms with van der Waals surface area (Å²) in [5.41, 5.74) is 2.48. The van der Waals surface area contributed by atoms with Crippen molar-refractivity contribution < 1.29 is 4.74 Å². The number of nitrogens with one attached hydrogen (secondary N) is 2. The number of nitrogens with zero attached hydrogens (tertiary/aromatic N) is 3. The Morgan fingerprint density at radius 3 is 2.57 bits per heavy atom. The van der Waals surface area contributed by atoms with Gasteiger partial charge < -0.3 is 25.2 Å². The molecule has 160 valence electrons. The van der Waals surface area contributed by atoms with Crippen LogP contribution < -0.4 is 15.4 Å². The summed E-state index contributed by atoms with van der Waals surface area (Å²) in [6.07, 6.45) is 0.905. The summed E-state index contributed by atoms with van der Waals surface area (Å²) in [6, 6.07) is 6.31. The van der Waals surface area contributed by atoms with Crippen LogP contribution in [-0.2, 0) is 6.42 Å². The van der Waals surface area contributed by atoms with Crippen LogP contribution in [0.5, 0.6) is 5.75 Å². The molecule has 1 aliphatic heterocycles. The lowest BCUT2D eigenvalue weighted by atomic mass is 10.1. The number of aliphatic imine (C=N–C) groups is 1. The Morgan fingerprint density at radius 2 is 1.93 bits per heavy atom. The van der Waals surface area contributed by atoms with Gasteiger partial charge in [0.05, 0.1) is 7.11 Å². The zero-order valence-electron chi connectivity index (χ0n) is 18.1. The number of hydrogen-bond acceptors (Lipinski definition) is 4. The molecule has 0 aliphatic carbocycles. The van der Waals surface area contributed by atoms with Crippen LogP contribution in [0.25, 0.3) is 0 Å². The van der Waals surface area contributed by atoms with E-state index in [1.165, 1.54) is 37.3 Å². The highest BCUT2D eigenvalue weighted by atomic mass is 127. The summed E-state index contributed by atoms with van der Waals surface area (Å²) in [6.45, 7) is 12.0. The summed E-state index contributed by atoms with van der Waals surface area (Å²) in [5.74, 6) is 2.40. The third-order valence-corrected chi connectivity index (χ3v) is 5.13. The van der Waals surface area contributed by atoms with Gasteiger partial charge in [0.2, 0.25) is 0 Å². The van der Waals surface area contributed by atoms with E-state index in [2.05, 4.69) is 58.5 Å². The quantitative estimate of drug-likeness (QED) is 0.324. The molecule has 1 heterocycles. The van der Waals surface area contributed by atoms with Crippen molar-refractivity contribution in [3.8, 4) is 5.75 Å². The SMILES string of the molecule is CN=C(NCCc1cc(C)ccc1OC)NCC(C)CN1CCN(C)CC1.I. The number of likely N-dealkylation sites (N-methyl/N-ethyl adjacent to an activating group) is 1. The van der Waals surface area contributed by atoms with Crippen LogP contribution in [-0.4, -0.2) is 82.8 Å². The minimum atomic E-state index is 0. The summed E-state index contributed by atoms with van der Waals surface area (Å²) in [7, 11) is 5.75. The Hall–Kier alpha value is -1.06. The first-order valence-corrected chi connectivity index (χ1v) is 10.0. The van der Waals surface area contributed by atoms with Crippen molar-refractivity contribution in [1.82, 2.24) is 20.4 Å². The second-order valence-electron chi connectivity index (χ2n) is 7.65. The van der Waals surface area contributed by atoms with E-state index in [1.54, 1.807) is 7.11 Å². The number of piperazine rings is 1. The van der Waals surface area contributed by atoms with Crippen LogP contribution >= 0.6 is 24.0 Å². The molecule has 28 heavy (non-hydrogen) atoms. The standard InChI is InChI=1S/C21H37N5O.HI/c1-17-6-7-20(27-5)19(14-17)8-9-23-21(22-3)24-15-18(2)16-26-12-10-25(4)11-13-26;/h6-7,14,18H,8-13,15-16H2,1-5H3,(H2,22,23,24);1H. The van der Waals surface area contributed by atoms with Crippen molar-refractivity contribution in [2.45, 2.75) is 20.3 Å². The lowest BCUT2D eigenvalue weighted by molar-refractivity contribution is 0.139. The molecular formula is C21H38IN5O. The summed E-state index contributed by atoms with van der Waals surface area (Å²) in [5, 5.41) is 6.88. The summed E-state index contributed by atoms with van der Waals surface area (Å²) in [4.78, 5) is 9.31. The molecule has 7 heteroatoms. The molecule has 0 radical (unpaired) electrons. The fraction of sp³-hybridized carbons (Fsp3) is 0.667. The zero-order chi connectivity index (χ0) is 19.6. The number of ether oxygens (including phenoxy) is 1. The van der Waals surface area contributed by atoms with E-state index in [1.807, 2.05) is 13.1 Å². The first-order chi connectivity index (χ1) is 13.0. The third kappa shape index (κ3) is 8.53. The van der Waals surface area contributed by atoms with Gasteiger partial charge in [-0.15, -0.1) is 24.0 Å². The molecule has 1 aromatic rings. The van der Waals surface area contributed by atoms with Gasteiger partial charge in [0.25, 0.3) is 0 Å². The zero-order valence-corrected chi connectivity index (χ0v) is 20.5. The highest BCUT2D eigenvalue weighted by Gasteiger charge is 2.16. The maximum atomic E-state index is 5.46. The monoisotopic (exact) mass is 503 g/mol. The molecule has 1 unspecified atom stereocenters. The molecule has 2 N–H and O–H groups in total. The Balaban J connectivity index is 0.00000392. The van der Waals surface area contributed by atoms with E-state index in [4.69, 9.17) is 4.74 Å². The van der Waals surface area contributed by atoms with Gasteiger partial charge >= 0.3 is 0 Å². The summed E-state index contributed by atoms with van der Waals surface area (Å²) >= 11 is 0. The van der Waals surface area contributed by atoms with Crippen molar-refractivity contribution in [3.63, 3.8) is 0 Å². The molecule has 1 atom stereocenters. The van der Waals surface area contributed by atoms with Gasteiger partial charge in [-0.25, -0.2) is 0 Å². The average molecular weight is 503 g/mol. The highest BCUT2D eigenvalue weighted by molar-refractivity contribution is 14.0. The number of benzene rings is 1. The van der Waals surface area contributed by atoms with E-state index in [9.17, 15) is 0 Å². The van der Waals surface area contributed by atoms with Crippen LogP contribution in [0, 0.1) is 12.8 Å². The van der Waals surface area contributed by atoms with Crippen LogP contribution in [0.15, 0.2) is 23.2 Å². The molecule has 1 fully saturated rings. The fourth-order valence-electron chi connectivity index (χ4n) is 3.45.